The quantitative estimate of drug-likeness (QED) is 0.760. The van der Waals surface area contributed by atoms with Crippen molar-refractivity contribution in [3.8, 4) is 12.1 Å². The molecule has 0 atom stereocenters. The van der Waals surface area contributed by atoms with E-state index in [-0.39, 0.29) is 11.1 Å². The lowest BCUT2D eigenvalue weighted by Gasteiger charge is -2.01. The molecule has 0 unspecified atom stereocenters. The van der Waals surface area contributed by atoms with Crippen LogP contribution in [0, 0.1) is 22.7 Å². The Morgan fingerprint density at radius 3 is 2.58 bits per heavy atom. The van der Waals surface area contributed by atoms with Gasteiger partial charge < -0.3 is 4.74 Å². The highest BCUT2D eigenvalue weighted by Gasteiger charge is 2.09. The third kappa shape index (κ3) is 4.12. The largest absolute Gasteiger partial charge is 0.385 e. The van der Waals surface area contributed by atoms with Crippen LogP contribution in [0.5, 0.6) is 0 Å². The van der Waals surface area contributed by atoms with Crippen molar-refractivity contribution < 1.29 is 4.74 Å². The molecule has 0 amide bonds. The Morgan fingerprint density at radius 2 is 2.00 bits per heavy atom. The fraction of sp³-hybridized carbons (Fsp3) is 0.235. The number of thiazole rings is 1. The number of benzene rings is 1. The summed E-state index contributed by atoms with van der Waals surface area (Å²) in [4.78, 5) is 12.6. The number of halogens is 1. The molecule has 5 nitrogen and oxygen atoms in total. The van der Waals surface area contributed by atoms with Gasteiger partial charge in [0.15, 0.2) is 5.57 Å². The van der Waals surface area contributed by atoms with E-state index in [0.29, 0.717) is 33.8 Å². The van der Waals surface area contributed by atoms with E-state index in [1.165, 1.54) is 4.57 Å². The molecule has 122 valence electrons. The van der Waals surface area contributed by atoms with Crippen molar-refractivity contribution in [2.45, 2.75) is 13.0 Å². The predicted molar refractivity (Wildman–Crippen MR) is 94.0 cm³/mol. The van der Waals surface area contributed by atoms with Gasteiger partial charge in [0, 0.05) is 25.3 Å². The van der Waals surface area contributed by atoms with Gasteiger partial charge in [0.25, 0.3) is 5.56 Å². The van der Waals surface area contributed by atoms with E-state index in [1.54, 1.807) is 37.5 Å². The standard InChI is InChI=1S/C17H14ClN3O2S/c1-23-8-2-7-21-16(22)15(24-17(21)13(10-19)11-20)9-12-3-5-14(18)6-4-12/h3-6,9H,2,7-8H2,1H3/b15-9+. The Labute approximate surface area is 147 Å². The van der Waals surface area contributed by atoms with Gasteiger partial charge in [-0.2, -0.15) is 10.5 Å². The van der Waals surface area contributed by atoms with Gasteiger partial charge in [0.1, 0.15) is 16.8 Å². The maximum absolute atomic E-state index is 12.6. The molecule has 7 heteroatoms. The molecule has 0 aliphatic carbocycles. The molecular weight excluding hydrogens is 346 g/mol. The van der Waals surface area contributed by atoms with Crippen molar-refractivity contribution in [3.05, 3.63) is 54.4 Å². The number of hydrogen-bond acceptors (Lipinski definition) is 5. The van der Waals surface area contributed by atoms with Gasteiger partial charge in [0.2, 0.25) is 0 Å². The average molecular weight is 360 g/mol. The first-order valence-corrected chi connectivity index (χ1v) is 8.30. The Morgan fingerprint density at radius 1 is 1.33 bits per heavy atom. The van der Waals surface area contributed by atoms with Gasteiger partial charge in [-0.05, 0) is 30.2 Å². The van der Waals surface area contributed by atoms with Crippen LogP contribution in [0.4, 0.5) is 0 Å². The lowest BCUT2D eigenvalue weighted by molar-refractivity contribution is 0.190. The number of nitrogens with zero attached hydrogens (tertiary/aromatic N) is 3. The highest BCUT2D eigenvalue weighted by molar-refractivity contribution is 7.07. The fourth-order valence-electron chi connectivity index (χ4n) is 2.11. The molecule has 1 heterocycles. The van der Waals surface area contributed by atoms with Crippen molar-refractivity contribution in [3.63, 3.8) is 0 Å². The molecule has 0 saturated heterocycles. The summed E-state index contributed by atoms with van der Waals surface area (Å²) in [6.45, 7) is 0.881. The van der Waals surface area contributed by atoms with E-state index in [9.17, 15) is 4.79 Å². The van der Waals surface area contributed by atoms with Gasteiger partial charge >= 0.3 is 0 Å². The summed E-state index contributed by atoms with van der Waals surface area (Å²) in [6, 6.07) is 10.8. The Kier molecular flexibility index (Phi) is 6.34. The fourth-order valence-corrected chi connectivity index (χ4v) is 3.31. The van der Waals surface area contributed by atoms with Crippen LogP contribution in [-0.2, 0) is 11.3 Å². The molecule has 0 N–H and O–H groups in total. The molecule has 1 aromatic heterocycles. The SMILES string of the molecule is COCCCn1c(=C(C#N)C#N)s/c(=C/c2ccc(Cl)cc2)c1=O. The number of methoxy groups -OCH3 is 1. The monoisotopic (exact) mass is 359 g/mol. The highest BCUT2D eigenvalue weighted by atomic mass is 35.5. The number of rotatable bonds is 5. The van der Waals surface area contributed by atoms with Crippen LogP contribution in [0.25, 0.3) is 11.6 Å². The summed E-state index contributed by atoms with van der Waals surface area (Å²) in [5.74, 6) is 0. The maximum Gasteiger partial charge on any atom is 0.269 e. The second kappa shape index (κ2) is 8.47. The van der Waals surface area contributed by atoms with E-state index in [4.69, 9.17) is 26.9 Å². The smallest absolute Gasteiger partial charge is 0.269 e. The van der Waals surface area contributed by atoms with Crippen molar-refractivity contribution in [2.75, 3.05) is 13.7 Å². The molecule has 0 aliphatic heterocycles. The minimum absolute atomic E-state index is 0.0646. The second-order valence-electron chi connectivity index (χ2n) is 4.87. The molecule has 0 radical (unpaired) electrons. The van der Waals surface area contributed by atoms with Crippen LogP contribution in [0.2, 0.25) is 5.02 Å². The third-order valence-electron chi connectivity index (χ3n) is 3.24. The lowest BCUT2D eigenvalue weighted by Crippen LogP contribution is -2.32. The molecule has 0 saturated carbocycles. The lowest BCUT2D eigenvalue weighted by atomic mass is 10.2. The molecular formula is C17H14ClN3O2S. The Hall–Kier alpha value is -2.38. The van der Waals surface area contributed by atoms with Gasteiger partial charge in [0.05, 0.1) is 4.53 Å². The summed E-state index contributed by atoms with van der Waals surface area (Å²) in [7, 11) is 1.58. The zero-order valence-electron chi connectivity index (χ0n) is 13.0. The first-order chi connectivity index (χ1) is 11.6. The van der Waals surface area contributed by atoms with Gasteiger partial charge in [-0.25, -0.2) is 0 Å². The summed E-state index contributed by atoms with van der Waals surface area (Å²) in [6.07, 6.45) is 2.34. The average Bonchev–Trinajstić information content (AvgIpc) is 2.88. The third-order valence-corrected chi connectivity index (χ3v) is 4.63. The molecule has 2 rings (SSSR count). The van der Waals surface area contributed by atoms with E-state index in [2.05, 4.69) is 0 Å². The van der Waals surface area contributed by atoms with Gasteiger partial charge in [-0.3, -0.25) is 9.36 Å². The predicted octanol–water partition coefficient (Wildman–Crippen LogP) is 1.63. The van der Waals surface area contributed by atoms with Gasteiger partial charge in [-0.15, -0.1) is 11.3 Å². The molecule has 0 spiro atoms. The summed E-state index contributed by atoms with van der Waals surface area (Å²) in [5.41, 5.74) is 0.540. The van der Waals surface area contributed by atoms with Crippen molar-refractivity contribution in [2.24, 2.45) is 0 Å². The minimum Gasteiger partial charge on any atom is -0.385 e. The van der Waals surface area contributed by atoms with E-state index < -0.39 is 0 Å². The molecule has 1 aromatic carbocycles. The number of ether oxygens (including phenoxy) is 1. The van der Waals surface area contributed by atoms with Crippen LogP contribution < -0.4 is 14.8 Å². The number of aromatic nitrogens is 1. The van der Waals surface area contributed by atoms with Crippen LogP contribution in [0.15, 0.2) is 29.1 Å². The number of hydrogen-bond donors (Lipinski definition) is 0. The summed E-state index contributed by atoms with van der Waals surface area (Å²) < 4.78 is 7.31. The topological polar surface area (TPSA) is 78.8 Å². The Bertz CT molecular complexity index is 959. The normalized spacial score (nSPS) is 11.1. The molecule has 0 bridgehead atoms. The number of nitriles is 2. The van der Waals surface area contributed by atoms with E-state index >= 15 is 0 Å². The molecule has 0 fully saturated rings. The molecule has 0 aliphatic rings. The first-order valence-electron chi connectivity index (χ1n) is 7.11. The second-order valence-corrected chi connectivity index (χ2v) is 6.34. The van der Waals surface area contributed by atoms with Crippen molar-refractivity contribution in [1.82, 2.24) is 4.57 Å². The zero-order valence-corrected chi connectivity index (χ0v) is 14.5. The maximum atomic E-state index is 12.6. The van der Waals surface area contributed by atoms with Gasteiger partial charge in [-0.1, -0.05) is 23.7 Å². The van der Waals surface area contributed by atoms with Crippen LogP contribution in [0.3, 0.4) is 0 Å². The molecule has 2 aromatic rings. The summed E-state index contributed by atoms with van der Waals surface area (Å²) in [5, 5.41) is 18.9. The van der Waals surface area contributed by atoms with Crippen LogP contribution in [0.1, 0.15) is 12.0 Å². The minimum atomic E-state index is -0.218. The molecule has 24 heavy (non-hydrogen) atoms. The van der Waals surface area contributed by atoms with E-state index in [0.717, 1.165) is 16.9 Å². The zero-order chi connectivity index (χ0) is 17.5. The highest BCUT2D eigenvalue weighted by Crippen LogP contribution is 2.09. The van der Waals surface area contributed by atoms with E-state index in [1.807, 2.05) is 12.1 Å². The van der Waals surface area contributed by atoms with Crippen molar-refractivity contribution >= 4 is 34.6 Å². The van der Waals surface area contributed by atoms with Crippen LogP contribution in [-0.4, -0.2) is 18.3 Å². The summed E-state index contributed by atoms with van der Waals surface area (Å²) >= 11 is 7.00. The first kappa shape index (κ1) is 18.0. The van der Waals surface area contributed by atoms with Crippen molar-refractivity contribution in [1.29, 1.82) is 10.5 Å². The Balaban J connectivity index is 2.64. The van der Waals surface area contributed by atoms with Crippen LogP contribution >= 0.6 is 22.9 Å².